The summed E-state index contributed by atoms with van der Waals surface area (Å²) in [5.41, 5.74) is 5.71. The quantitative estimate of drug-likeness (QED) is 0.810. The van der Waals surface area contributed by atoms with Crippen LogP contribution >= 0.6 is 24.8 Å². The largest absolute Gasteiger partial charge is 0.468 e. The van der Waals surface area contributed by atoms with Crippen LogP contribution in [0.15, 0.2) is 18.3 Å². The molecule has 22 heavy (non-hydrogen) atoms. The number of amides is 1. The number of nitrogens with two attached hydrogens (primary N) is 1. The number of alkyl halides is 3. The highest BCUT2D eigenvalue weighted by Crippen LogP contribution is 2.19. The number of hydrogen-bond donors (Lipinski definition) is 2. The van der Waals surface area contributed by atoms with Crippen molar-refractivity contribution in [2.75, 3.05) is 13.2 Å². The first-order chi connectivity index (χ1) is 9.33. The average Bonchev–Trinajstić information content (AvgIpc) is 2.41. The Kier molecular flexibility index (Phi) is 11.0. The summed E-state index contributed by atoms with van der Waals surface area (Å²) in [6.07, 6.45) is -3.12. The van der Waals surface area contributed by atoms with Crippen molar-refractivity contribution < 1.29 is 22.7 Å². The highest BCUT2D eigenvalue weighted by Gasteiger charge is 2.29. The molecule has 3 N–H and O–H groups in total. The zero-order chi connectivity index (χ0) is 15.2. The summed E-state index contributed by atoms with van der Waals surface area (Å²) < 4.78 is 40.9. The molecule has 0 saturated heterocycles. The second kappa shape index (κ2) is 10.5. The van der Waals surface area contributed by atoms with Crippen LogP contribution in [0.25, 0.3) is 0 Å². The van der Waals surface area contributed by atoms with Gasteiger partial charge in [-0.2, -0.15) is 13.2 Å². The number of hydrogen-bond acceptors (Lipinski definition) is 4. The van der Waals surface area contributed by atoms with Gasteiger partial charge in [0.05, 0.1) is 0 Å². The van der Waals surface area contributed by atoms with Crippen LogP contribution in [-0.2, 0) is 11.3 Å². The summed E-state index contributed by atoms with van der Waals surface area (Å²) in [6, 6.07) is 3.08. The molecule has 1 atom stereocenters. The molecule has 10 heteroatoms. The predicted molar refractivity (Wildman–Crippen MR) is 80.3 cm³/mol. The van der Waals surface area contributed by atoms with Crippen LogP contribution in [0.5, 0.6) is 5.88 Å². The zero-order valence-corrected chi connectivity index (χ0v) is 13.4. The lowest BCUT2D eigenvalue weighted by atomic mass is 10.1. The lowest BCUT2D eigenvalue weighted by Gasteiger charge is -2.13. The van der Waals surface area contributed by atoms with Crippen LogP contribution in [0, 0.1) is 5.92 Å². The van der Waals surface area contributed by atoms with Crippen LogP contribution < -0.4 is 15.8 Å². The third kappa shape index (κ3) is 8.26. The standard InChI is InChI=1S/C12H16F3N3O2.2ClH/c1-8(5-16)10(19)18-6-9-3-2-4-17-11(9)20-7-12(13,14)15;;/h2-4,8H,5-7,16H2,1H3,(H,18,19);2*1H. The molecule has 5 nitrogen and oxygen atoms in total. The van der Waals surface area contributed by atoms with Gasteiger partial charge in [0.25, 0.3) is 0 Å². The molecule has 1 amide bonds. The van der Waals surface area contributed by atoms with E-state index >= 15 is 0 Å². The van der Waals surface area contributed by atoms with E-state index in [0.717, 1.165) is 0 Å². The summed E-state index contributed by atoms with van der Waals surface area (Å²) in [7, 11) is 0. The molecule has 0 aromatic carbocycles. The van der Waals surface area contributed by atoms with Crippen LogP contribution in [0.3, 0.4) is 0 Å². The molecular formula is C12H18Cl2F3N3O2. The van der Waals surface area contributed by atoms with Crippen molar-refractivity contribution in [2.24, 2.45) is 11.7 Å². The summed E-state index contributed by atoms with van der Waals surface area (Å²) in [5.74, 6) is -0.796. The predicted octanol–water partition coefficient (Wildman–Crippen LogP) is 2.08. The molecule has 1 heterocycles. The number of pyridine rings is 1. The van der Waals surface area contributed by atoms with E-state index in [-0.39, 0.29) is 55.6 Å². The summed E-state index contributed by atoms with van der Waals surface area (Å²) >= 11 is 0. The Balaban J connectivity index is 0. The number of halogens is 5. The van der Waals surface area contributed by atoms with Gasteiger partial charge in [0.1, 0.15) is 0 Å². The second-order valence-electron chi connectivity index (χ2n) is 4.23. The van der Waals surface area contributed by atoms with Gasteiger partial charge < -0.3 is 15.8 Å². The average molecular weight is 364 g/mol. The van der Waals surface area contributed by atoms with Crippen molar-refractivity contribution in [1.29, 1.82) is 0 Å². The van der Waals surface area contributed by atoms with Gasteiger partial charge in [0.15, 0.2) is 6.61 Å². The third-order valence-corrected chi connectivity index (χ3v) is 2.48. The number of ether oxygens (including phenoxy) is 1. The fourth-order valence-corrected chi connectivity index (χ4v) is 1.30. The number of aromatic nitrogens is 1. The maximum atomic E-state index is 12.1. The Morgan fingerprint density at radius 2 is 2.09 bits per heavy atom. The Bertz CT molecular complexity index is 461. The van der Waals surface area contributed by atoms with Crippen molar-refractivity contribution in [3.05, 3.63) is 23.9 Å². The van der Waals surface area contributed by atoms with E-state index in [1.807, 2.05) is 0 Å². The van der Waals surface area contributed by atoms with E-state index in [4.69, 9.17) is 5.73 Å². The topological polar surface area (TPSA) is 77.2 Å². The molecule has 0 aliphatic heterocycles. The minimum atomic E-state index is -4.44. The summed E-state index contributed by atoms with van der Waals surface area (Å²) in [5, 5.41) is 2.57. The molecule has 1 aromatic heterocycles. The van der Waals surface area contributed by atoms with Gasteiger partial charge in [-0.1, -0.05) is 13.0 Å². The third-order valence-electron chi connectivity index (χ3n) is 2.48. The molecule has 0 saturated carbocycles. The first-order valence-electron chi connectivity index (χ1n) is 5.94. The fourth-order valence-electron chi connectivity index (χ4n) is 1.30. The first-order valence-corrected chi connectivity index (χ1v) is 5.94. The smallest absolute Gasteiger partial charge is 0.422 e. The molecule has 1 aromatic rings. The van der Waals surface area contributed by atoms with Crippen molar-refractivity contribution in [1.82, 2.24) is 10.3 Å². The first kappa shape index (κ1) is 23.0. The van der Waals surface area contributed by atoms with Gasteiger partial charge in [-0.25, -0.2) is 4.98 Å². The van der Waals surface area contributed by atoms with E-state index in [0.29, 0.717) is 5.56 Å². The zero-order valence-electron chi connectivity index (χ0n) is 11.7. The highest BCUT2D eigenvalue weighted by atomic mass is 35.5. The number of carbonyl (C=O) groups is 1. The van der Waals surface area contributed by atoms with Gasteiger partial charge in [0.2, 0.25) is 11.8 Å². The van der Waals surface area contributed by atoms with Gasteiger partial charge in [0, 0.05) is 30.8 Å². The van der Waals surface area contributed by atoms with E-state index < -0.39 is 12.8 Å². The van der Waals surface area contributed by atoms with Gasteiger partial charge in [-0.05, 0) is 6.07 Å². The van der Waals surface area contributed by atoms with Crippen LogP contribution in [-0.4, -0.2) is 30.2 Å². The van der Waals surface area contributed by atoms with Crippen molar-refractivity contribution >= 4 is 30.7 Å². The van der Waals surface area contributed by atoms with Crippen LogP contribution in [0.2, 0.25) is 0 Å². The molecule has 0 radical (unpaired) electrons. The van der Waals surface area contributed by atoms with Crippen molar-refractivity contribution in [2.45, 2.75) is 19.6 Å². The molecule has 1 unspecified atom stereocenters. The Morgan fingerprint density at radius 1 is 1.45 bits per heavy atom. The Labute approximate surface area is 138 Å². The van der Waals surface area contributed by atoms with Gasteiger partial charge >= 0.3 is 6.18 Å². The SMILES string of the molecule is CC(CN)C(=O)NCc1cccnc1OCC(F)(F)F.Cl.Cl. The summed E-state index contributed by atoms with van der Waals surface area (Å²) in [6.45, 7) is 0.449. The van der Waals surface area contributed by atoms with E-state index in [2.05, 4.69) is 15.0 Å². The van der Waals surface area contributed by atoms with Crippen molar-refractivity contribution in [3.8, 4) is 5.88 Å². The molecule has 0 aliphatic rings. The van der Waals surface area contributed by atoms with Crippen molar-refractivity contribution in [3.63, 3.8) is 0 Å². The Hall–Kier alpha value is -1.25. The fraction of sp³-hybridized carbons (Fsp3) is 0.500. The number of carbonyl (C=O) groups excluding carboxylic acids is 1. The second-order valence-corrected chi connectivity index (χ2v) is 4.23. The Morgan fingerprint density at radius 3 is 2.64 bits per heavy atom. The van der Waals surface area contributed by atoms with Crippen LogP contribution in [0.1, 0.15) is 12.5 Å². The molecule has 0 fully saturated rings. The van der Waals surface area contributed by atoms with E-state index in [9.17, 15) is 18.0 Å². The molecule has 0 aliphatic carbocycles. The molecule has 128 valence electrons. The minimum absolute atomic E-state index is 0. The van der Waals surface area contributed by atoms with E-state index in [1.165, 1.54) is 12.3 Å². The normalized spacial score (nSPS) is 11.7. The lowest BCUT2D eigenvalue weighted by Crippen LogP contribution is -2.33. The number of nitrogens with zero attached hydrogens (tertiary/aromatic N) is 1. The lowest BCUT2D eigenvalue weighted by molar-refractivity contribution is -0.154. The van der Waals surface area contributed by atoms with Gasteiger partial charge in [-0.15, -0.1) is 24.8 Å². The van der Waals surface area contributed by atoms with Crippen LogP contribution in [0.4, 0.5) is 13.2 Å². The summed E-state index contributed by atoms with van der Waals surface area (Å²) in [4.78, 5) is 15.3. The molecule has 0 bridgehead atoms. The highest BCUT2D eigenvalue weighted by molar-refractivity contribution is 5.85. The maximum Gasteiger partial charge on any atom is 0.422 e. The van der Waals surface area contributed by atoms with Gasteiger partial charge in [-0.3, -0.25) is 4.79 Å². The monoisotopic (exact) mass is 363 g/mol. The molecular weight excluding hydrogens is 346 g/mol. The molecule has 0 spiro atoms. The number of nitrogens with one attached hydrogen (secondary N) is 1. The minimum Gasteiger partial charge on any atom is -0.468 e. The maximum absolute atomic E-state index is 12.1. The van der Waals surface area contributed by atoms with E-state index in [1.54, 1.807) is 13.0 Å². The molecule has 1 rings (SSSR count). The number of rotatable bonds is 6.